The minimum Gasteiger partial charge on any atom is -0.497 e. The summed E-state index contributed by atoms with van der Waals surface area (Å²) in [5, 5.41) is 3.04. The summed E-state index contributed by atoms with van der Waals surface area (Å²) >= 11 is 0. The highest BCUT2D eigenvalue weighted by Crippen LogP contribution is 2.30. The molecule has 0 aromatic heterocycles. The second kappa shape index (κ2) is 9.12. The number of rotatable bonds is 6. The van der Waals surface area contributed by atoms with Gasteiger partial charge in [0.1, 0.15) is 5.75 Å². The molecule has 1 aliphatic rings. The first-order valence-corrected chi connectivity index (χ1v) is 10.1. The van der Waals surface area contributed by atoms with Crippen LogP contribution in [-0.2, 0) is 22.6 Å². The number of benzene rings is 2. The van der Waals surface area contributed by atoms with E-state index in [1.165, 1.54) is 5.56 Å². The molecule has 1 heterocycles. The lowest BCUT2D eigenvalue weighted by atomic mass is 9.80. The Morgan fingerprint density at radius 2 is 1.90 bits per heavy atom. The molecule has 1 fully saturated rings. The van der Waals surface area contributed by atoms with Crippen molar-refractivity contribution in [2.45, 2.75) is 39.7 Å². The molecule has 1 aliphatic heterocycles. The number of carbonyl (C=O) groups is 2. The van der Waals surface area contributed by atoms with E-state index in [4.69, 9.17) is 4.74 Å². The van der Waals surface area contributed by atoms with Gasteiger partial charge in [0, 0.05) is 19.6 Å². The van der Waals surface area contributed by atoms with Crippen molar-refractivity contribution in [3.05, 3.63) is 65.2 Å². The van der Waals surface area contributed by atoms with Crippen LogP contribution in [0.25, 0.3) is 0 Å². The van der Waals surface area contributed by atoms with Gasteiger partial charge in [0.25, 0.3) is 0 Å². The predicted octanol–water partition coefficient (Wildman–Crippen LogP) is 3.49. The number of likely N-dealkylation sites (tertiary alicyclic amines) is 1. The number of methoxy groups -OCH3 is 1. The predicted molar refractivity (Wildman–Crippen MR) is 114 cm³/mol. The fourth-order valence-electron chi connectivity index (χ4n) is 3.81. The van der Waals surface area contributed by atoms with Gasteiger partial charge in [0.05, 0.1) is 18.9 Å². The Labute approximate surface area is 173 Å². The first-order valence-electron chi connectivity index (χ1n) is 10.1. The molecule has 2 amide bonds. The van der Waals surface area contributed by atoms with Gasteiger partial charge in [-0.1, -0.05) is 42.0 Å². The van der Waals surface area contributed by atoms with Crippen molar-refractivity contribution in [2.24, 2.45) is 5.41 Å². The van der Waals surface area contributed by atoms with Gasteiger partial charge in [-0.15, -0.1) is 0 Å². The number of ether oxygens (including phenoxy) is 1. The second-order valence-corrected chi connectivity index (χ2v) is 8.18. The van der Waals surface area contributed by atoms with Crippen molar-refractivity contribution in [1.82, 2.24) is 10.2 Å². The quantitative estimate of drug-likeness (QED) is 0.816. The van der Waals surface area contributed by atoms with Gasteiger partial charge in [-0.3, -0.25) is 9.59 Å². The van der Waals surface area contributed by atoms with E-state index < -0.39 is 5.41 Å². The largest absolute Gasteiger partial charge is 0.497 e. The van der Waals surface area contributed by atoms with Gasteiger partial charge >= 0.3 is 0 Å². The number of carbonyl (C=O) groups excluding carboxylic acids is 2. The third-order valence-electron chi connectivity index (χ3n) is 5.66. The number of nitrogens with zero attached hydrogens (tertiary/aromatic N) is 1. The Morgan fingerprint density at radius 1 is 1.14 bits per heavy atom. The lowest BCUT2D eigenvalue weighted by Gasteiger charge is -2.39. The molecule has 1 saturated heterocycles. The van der Waals surface area contributed by atoms with Crippen molar-refractivity contribution in [2.75, 3.05) is 20.2 Å². The van der Waals surface area contributed by atoms with E-state index in [1.807, 2.05) is 67.3 Å². The van der Waals surface area contributed by atoms with Crippen LogP contribution in [-0.4, -0.2) is 36.9 Å². The van der Waals surface area contributed by atoms with Gasteiger partial charge in [0.2, 0.25) is 11.8 Å². The maximum atomic E-state index is 12.9. The summed E-state index contributed by atoms with van der Waals surface area (Å²) in [6.45, 7) is 5.61. The zero-order valence-electron chi connectivity index (χ0n) is 17.5. The summed E-state index contributed by atoms with van der Waals surface area (Å²) < 4.78 is 5.24. The molecule has 2 aromatic carbocycles. The molecule has 0 aliphatic carbocycles. The summed E-state index contributed by atoms with van der Waals surface area (Å²) in [4.78, 5) is 27.6. The number of hydrogen-bond donors (Lipinski definition) is 1. The van der Waals surface area contributed by atoms with Crippen LogP contribution >= 0.6 is 0 Å². The van der Waals surface area contributed by atoms with Crippen LogP contribution in [0.4, 0.5) is 0 Å². The first kappa shape index (κ1) is 20.9. The number of nitrogens with one attached hydrogen (secondary N) is 1. The van der Waals surface area contributed by atoms with Gasteiger partial charge in [-0.25, -0.2) is 0 Å². The Hall–Kier alpha value is -2.82. The SMILES string of the molecule is COc1cccc(CNC(=O)C2(C)CCCN(C(=O)Cc3ccc(C)cc3)C2)c1. The molecular weight excluding hydrogens is 364 g/mol. The van der Waals surface area contributed by atoms with E-state index in [1.54, 1.807) is 7.11 Å². The number of piperidine rings is 1. The molecule has 29 heavy (non-hydrogen) atoms. The zero-order chi connectivity index (χ0) is 20.9. The number of amides is 2. The molecule has 0 spiro atoms. The highest BCUT2D eigenvalue weighted by molar-refractivity contribution is 5.84. The molecule has 3 rings (SSSR count). The van der Waals surface area contributed by atoms with Gasteiger partial charge in [-0.2, -0.15) is 0 Å². The Kier molecular flexibility index (Phi) is 6.57. The van der Waals surface area contributed by atoms with E-state index in [-0.39, 0.29) is 11.8 Å². The van der Waals surface area contributed by atoms with Crippen LogP contribution in [0.5, 0.6) is 5.75 Å². The topological polar surface area (TPSA) is 58.6 Å². The molecule has 2 aromatic rings. The van der Waals surface area contributed by atoms with Crippen LogP contribution in [0, 0.1) is 12.3 Å². The normalized spacial score (nSPS) is 18.9. The van der Waals surface area contributed by atoms with Crippen molar-refractivity contribution in [3.63, 3.8) is 0 Å². The van der Waals surface area contributed by atoms with Crippen LogP contribution in [0.2, 0.25) is 0 Å². The highest BCUT2D eigenvalue weighted by atomic mass is 16.5. The summed E-state index contributed by atoms with van der Waals surface area (Å²) in [7, 11) is 1.63. The average Bonchev–Trinajstić information content (AvgIpc) is 2.73. The molecule has 1 atom stereocenters. The summed E-state index contributed by atoms with van der Waals surface area (Å²) in [6, 6.07) is 15.7. The fourth-order valence-corrected chi connectivity index (χ4v) is 3.81. The van der Waals surface area contributed by atoms with E-state index in [2.05, 4.69) is 5.32 Å². The third kappa shape index (κ3) is 5.37. The van der Waals surface area contributed by atoms with Gasteiger partial charge < -0.3 is 15.0 Å². The molecule has 0 radical (unpaired) electrons. The van der Waals surface area contributed by atoms with Crippen molar-refractivity contribution in [3.8, 4) is 5.75 Å². The van der Waals surface area contributed by atoms with Crippen LogP contribution < -0.4 is 10.1 Å². The number of hydrogen-bond acceptors (Lipinski definition) is 3. The van der Waals surface area contributed by atoms with Crippen molar-refractivity contribution < 1.29 is 14.3 Å². The molecule has 1 unspecified atom stereocenters. The highest BCUT2D eigenvalue weighted by Gasteiger charge is 2.39. The maximum Gasteiger partial charge on any atom is 0.227 e. The smallest absolute Gasteiger partial charge is 0.227 e. The van der Waals surface area contributed by atoms with Crippen molar-refractivity contribution in [1.29, 1.82) is 0 Å². The van der Waals surface area contributed by atoms with Crippen LogP contribution in [0.1, 0.15) is 36.5 Å². The third-order valence-corrected chi connectivity index (χ3v) is 5.66. The average molecular weight is 395 g/mol. The molecule has 1 N–H and O–H groups in total. The van der Waals surface area contributed by atoms with Crippen LogP contribution in [0.3, 0.4) is 0 Å². The second-order valence-electron chi connectivity index (χ2n) is 8.18. The lowest BCUT2D eigenvalue weighted by Crippen LogP contribution is -2.52. The van der Waals surface area contributed by atoms with E-state index in [0.29, 0.717) is 26.1 Å². The zero-order valence-corrected chi connectivity index (χ0v) is 17.5. The van der Waals surface area contributed by atoms with Gasteiger partial charge in [0.15, 0.2) is 0 Å². The minimum absolute atomic E-state index is 0.00634. The van der Waals surface area contributed by atoms with E-state index >= 15 is 0 Å². The molecule has 5 nitrogen and oxygen atoms in total. The Morgan fingerprint density at radius 3 is 2.62 bits per heavy atom. The molecule has 0 bridgehead atoms. The fraction of sp³-hybridized carbons (Fsp3) is 0.417. The first-order chi connectivity index (χ1) is 13.9. The Bertz CT molecular complexity index is 863. The monoisotopic (exact) mass is 394 g/mol. The maximum absolute atomic E-state index is 12.9. The standard InChI is InChI=1S/C24H30N2O3/c1-18-8-10-19(11-9-18)15-22(27)26-13-5-12-24(2,17-26)23(28)25-16-20-6-4-7-21(14-20)29-3/h4,6-11,14H,5,12-13,15-17H2,1-3H3,(H,25,28). The minimum atomic E-state index is -0.569. The lowest BCUT2D eigenvalue weighted by molar-refractivity contribution is -0.140. The number of aryl methyl sites for hydroxylation is 1. The summed E-state index contributed by atoms with van der Waals surface area (Å²) in [5.74, 6) is 0.849. The summed E-state index contributed by atoms with van der Waals surface area (Å²) in [6.07, 6.45) is 2.00. The Balaban J connectivity index is 1.59. The van der Waals surface area contributed by atoms with Gasteiger partial charge in [-0.05, 0) is 49.9 Å². The summed E-state index contributed by atoms with van der Waals surface area (Å²) in [5.41, 5.74) is 2.61. The molecule has 154 valence electrons. The molecule has 5 heteroatoms. The molecule has 0 saturated carbocycles. The van der Waals surface area contributed by atoms with E-state index in [0.717, 1.165) is 29.7 Å². The molecular formula is C24H30N2O3. The van der Waals surface area contributed by atoms with E-state index in [9.17, 15) is 9.59 Å². The van der Waals surface area contributed by atoms with Crippen molar-refractivity contribution >= 4 is 11.8 Å². The van der Waals surface area contributed by atoms with Crippen LogP contribution in [0.15, 0.2) is 48.5 Å².